The number of nitrogens with zero attached hydrogens (tertiary/aromatic N) is 1. The number of amides is 2. The molecule has 0 aromatic carbocycles. The number of nitrogens with two attached hydrogens (primary N) is 1. The minimum Gasteiger partial charge on any atom is -0.480 e. The molecule has 0 saturated carbocycles. The number of hydrogen-bond donors (Lipinski definition) is 4. The molecule has 0 bridgehead atoms. The van der Waals surface area contributed by atoms with Gasteiger partial charge in [-0.1, -0.05) is 0 Å². The van der Waals surface area contributed by atoms with Crippen molar-refractivity contribution in [1.82, 2.24) is 10.2 Å². The Labute approximate surface area is 112 Å². The molecule has 0 saturated heterocycles. The second-order valence-electron chi connectivity index (χ2n) is 4.12. The molecule has 112 valence electrons. The Morgan fingerprint density at radius 1 is 1.32 bits per heavy atom. The van der Waals surface area contributed by atoms with Crippen molar-refractivity contribution in [3.63, 3.8) is 0 Å². The van der Waals surface area contributed by atoms with Crippen LogP contribution in [0, 0.1) is 0 Å². The molecule has 0 aliphatic rings. The number of carbonyl (C=O) groups is 3. The molecule has 19 heavy (non-hydrogen) atoms. The molecule has 5 N–H and O–H groups in total. The third kappa shape index (κ3) is 16.3. The van der Waals surface area contributed by atoms with Gasteiger partial charge >= 0.3 is 5.97 Å². The van der Waals surface area contributed by atoms with Crippen molar-refractivity contribution in [3.8, 4) is 0 Å². The maximum atomic E-state index is 10.5. The van der Waals surface area contributed by atoms with Gasteiger partial charge in [-0.15, -0.1) is 0 Å². The topological polar surface area (TPSA) is 133 Å². The van der Waals surface area contributed by atoms with Gasteiger partial charge in [-0.3, -0.25) is 9.59 Å². The average molecular weight is 277 g/mol. The monoisotopic (exact) mass is 277 g/mol. The number of primary amides is 1. The van der Waals surface area contributed by atoms with Crippen LogP contribution in [-0.4, -0.2) is 66.2 Å². The second kappa shape index (κ2) is 11.4. The number of rotatable bonds is 7. The Kier molecular flexibility index (Phi) is 11.8. The SMILES string of the molecule is CC(=O)NC(CCC(N)=O)C(=O)O.CN(C)CCO. The number of hydrogen-bond acceptors (Lipinski definition) is 5. The van der Waals surface area contributed by atoms with Gasteiger partial charge in [-0.05, 0) is 20.5 Å². The number of aliphatic hydroxyl groups is 1. The van der Waals surface area contributed by atoms with E-state index in [4.69, 9.17) is 15.9 Å². The van der Waals surface area contributed by atoms with Crippen LogP contribution in [0.2, 0.25) is 0 Å². The molecule has 2 amide bonds. The van der Waals surface area contributed by atoms with E-state index in [1.807, 2.05) is 19.0 Å². The highest BCUT2D eigenvalue weighted by Gasteiger charge is 2.18. The zero-order chi connectivity index (χ0) is 15.4. The smallest absolute Gasteiger partial charge is 0.326 e. The average Bonchev–Trinajstić information content (AvgIpc) is 2.23. The first-order valence-electron chi connectivity index (χ1n) is 5.74. The van der Waals surface area contributed by atoms with Crippen LogP contribution in [0.25, 0.3) is 0 Å². The molecular weight excluding hydrogens is 254 g/mol. The van der Waals surface area contributed by atoms with Crippen molar-refractivity contribution >= 4 is 17.8 Å². The first kappa shape index (κ1) is 19.7. The number of nitrogens with one attached hydrogen (secondary N) is 1. The van der Waals surface area contributed by atoms with Crippen molar-refractivity contribution in [2.24, 2.45) is 5.73 Å². The predicted molar refractivity (Wildman–Crippen MR) is 69.3 cm³/mol. The third-order valence-electron chi connectivity index (χ3n) is 1.90. The molecule has 0 aliphatic carbocycles. The fraction of sp³-hybridized carbons (Fsp3) is 0.727. The molecule has 8 heteroatoms. The second-order valence-corrected chi connectivity index (χ2v) is 4.12. The molecule has 0 heterocycles. The molecule has 1 atom stereocenters. The van der Waals surface area contributed by atoms with E-state index in [0.29, 0.717) is 0 Å². The summed E-state index contributed by atoms with van der Waals surface area (Å²) in [5, 5.41) is 19.0. The van der Waals surface area contributed by atoms with Crippen LogP contribution in [0.15, 0.2) is 0 Å². The Hall–Kier alpha value is -1.67. The Balaban J connectivity index is 0. The zero-order valence-corrected chi connectivity index (χ0v) is 11.5. The molecule has 0 aromatic rings. The summed E-state index contributed by atoms with van der Waals surface area (Å²) in [6.07, 6.45) is -0.0402. The normalized spacial score (nSPS) is 11.2. The van der Waals surface area contributed by atoms with Crippen LogP contribution in [0.1, 0.15) is 19.8 Å². The van der Waals surface area contributed by atoms with Gasteiger partial charge in [0.05, 0.1) is 6.61 Å². The number of aliphatic carboxylic acids is 1. The minimum absolute atomic E-state index is 0.0181. The zero-order valence-electron chi connectivity index (χ0n) is 11.5. The van der Waals surface area contributed by atoms with Crippen LogP contribution < -0.4 is 11.1 Å². The van der Waals surface area contributed by atoms with Crippen molar-refractivity contribution in [2.45, 2.75) is 25.8 Å². The Morgan fingerprint density at radius 3 is 2.05 bits per heavy atom. The number of carbonyl (C=O) groups excluding carboxylic acids is 2. The van der Waals surface area contributed by atoms with Crippen molar-refractivity contribution in [2.75, 3.05) is 27.2 Å². The minimum atomic E-state index is -1.17. The van der Waals surface area contributed by atoms with E-state index in [9.17, 15) is 14.4 Å². The van der Waals surface area contributed by atoms with Gasteiger partial charge in [0.15, 0.2) is 0 Å². The lowest BCUT2D eigenvalue weighted by Gasteiger charge is -2.11. The van der Waals surface area contributed by atoms with E-state index in [2.05, 4.69) is 5.32 Å². The van der Waals surface area contributed by atoms with Crippen molar-refractivity contribution in [3.05, 3.63) is 0 Å². The summed E-state index contributed by atoms with van der Waals surface area (Å²) in [5.74, 6) is -2.20. The van der Waals surface area contributed by atoms with Gasteiger partial charge in [-0.2, -0.15) is 0 Å². The van der Waals surface area contributed by atoms with Crippen LogP contribution in [-0.2, 0) is 14.4 Å². The van der Waals surface area contributed by atoms with Gasteiger partial charge in [0, 0.05) is 19.9 Å². The van der Waals surface area contributed by atoms with Gasteiger partial charge in [0.25, 0.3) is 0 Å². The Morgan fingerprint density at radius 2 is 1.84 bits per heavy atom. The number of carboxylic acids is 1. The van der Waals surface area contributed by atoms with E-state index >= 15 is 0 Å². The standard InChI is InChI=1S/C7H12N2O4.C4H11NO/c1-4(10)9-5(7(12)13)2-3-6(8)11;1-5(2)3-4-6/h5H,2-3H2,1H3,(H2,8,11)(H,9,10)(H,12,13);6H,3-4H2,1-2H3. The predicted octanol–water partition coefficient (Wildman–Crippen LogP) is -1.62. The first-order chi connectivity index (χ1) is 8.70. The molecular formula is C11H23N3O5. The summed E-state index contributed by atoms with van der Waals surface area (Å²) in [5.41, 5.74) is 4.83. The maximum Gasteiger partial charge on any atom is 0.326 e. The van der Waals surface area contributed by atoms with E-state index < -0.39 is 23.8 Å². The summed E-state index contributed by atoms with van der Waals surface area (Å²) in [7, 11) is 3.85. The lowest BCUT2D eigenvalue weighted by atomic mass is 10.1. The van der Waals surface area contributed by atoms with E-state index in [0.717, 1.165) is 6.54 Å². The summed E-state index contributed by atoms with van der Waals surface area (Å²) >= 11 is 0. The largest absolute Gasteiger partial charge is 0.480 e. The highest BCUT2D eigenvalue weighted by molar-refractivity contribution is 5.83. The molecule has 0 aromatic heterocycles. The van der Waals surface area contributed by atoms with E-state index in [-0.39, 0.29) is 19.4 Å². The summed E-state index contributed by atoms with van der Waals surface area (Å²) in [6.45, 7) is 2.23. The van der Waals surface area contributed by atoms with E-state index in [1.54, 1.807) is 0 Å². The quantitative estimate of drug-likeness (QED) is 0.442. The number of aliphatic hydroxyl groups excluding tert-OH is 1. The molecule has 1 unspecified atom stereocenters. The summed E-state index contributed by atoms with van der Waals surface area (Å²) < 4.78 is 0. The summed E-state index contributed by atoms with van der Waals surface area (Å²) in [4.78, 5) is 33.3. The molecule has 0 rings (SSSR count). The lowest BCUT2D eigenvalue weighted by molar-refractivity contribution is -0.141. The van der Waals surface area contributed by atoms with Gasteiger partial charge in [0.1, 0.15) is 6.04 Å². The number of likely N-dealkylation sites (N-methyl/N-ethyl adjacent to an activating group) is 1. The molecule has 0 fully saturated rings. The van der Waals surface area contributed by atoms with Gasteiger partial charge in [0.2, 0.25) is 11.8 Å². The fourth-order valence-corrected chi connectivity index (χ4v) is 0.989. The molecule has 0 radical (unpaired) electrons. The highest BCUT2D eigenvalue weighted by Crippen LogP contribution is 1.96. The van der Waals surface area contributed by atoms with E-state index in [1.165, 1.54) is 6.92 Å². The summed E-state index contributed by atoms with van der Waals surface area (Å²) in [6, 6.07) is -1.04. The van der Waals surface area contributed by atoms with Crippen LogP contribution in [0.4, 0.5) is 0 Å². The Bertz CT molecular complexity index is 294. The molecule has 0 aliphatic heterocycles. The van der Waals surface area contributed by atoms with Gasteiger partial charge < -0.3 is 26.2 Å². The maximum absolute atomic E-state index is 10.5. The lowest BCUT2D eigenvalue weighted by Crippen LogP contribution is -2.40. The van der Waals surface area contributed by atoms with Crippen LogP contribution >= 0.6 is 0 Å². The van der Waals surface area contributed by atoms with Crippen LogP contribution in [0.5, 0.6) is 0 Å². The first-order valence-corrected chi connectivity index (χ1v) is 5.74. The fourth-order valence-electron chi connectivity index (χ4n) is 0.989. The van der Waals surface area contributed by atoms with Crippen LogP contribution in [0.3, 0.4) is 0 Å². The number of carboxylic acid groups (broad SMARTS) is 1. The van der Waals surface area contributed by atoms with Crippen molar-refractivity contribution in [1.29, 1.82) is 0 Å². The van der Waals surface area contributed by atoms with Crippen molar-refractivity contribution < 1.29 is 24.6 Å². The third-order valence-corrected chi connectivity index (χ3v) is 1.90. The molecule has 8 nitrogen and oxygen atoms in total. The highest BCUT2D eigenvalue weighted by atomic mass is 16.4. The molecule has 0 spiro atoms. The van der Waals surface area contributed by atoms with Gasteiger partial charge in [-0.25, -0.2) is 4.79 Å².